The molecule has 0 aliphatic heterocycles. The van der Waals surface area contributed by atoms with Crippen molar-refractivity contribution in [3.8, 4) is 0 Å². The Kier molecular flexibility index (Phi) is 5.63. The predicted molar refractivity (Wildman–Crippen MR) is 84.0 cm³/mol. The lowest BCUT2D eigenvalue weighted by Crippen LogP contribution is -2.31. The minimum Gasteiger partial charge on any atom is -0.451 e. The molecule has 0 aliphatic carbocycles. The standard InChI is InChI=1S/C17H16F2N2O4/c1-9(13-4-3-12(18)6-14(13)19)21-16(23)8-25-17(24)15-5-11(7-20-15)10(2)22/h3-7,9,20H,8H2,1-2H3,(H,21,23)/t9-/m1/s1. The van der Waals surface area contributed by atoms with Crippen LogP contribution in [0.1, 0.15) is 46.3 Å². The maximum atomic E-state index is 13.6. The Morgan fingerprint density at radius 3 is 2.56 bits per heavy atom. The molecule has 0 radical (unpaired) electrons. The Balaban J connectivity index is 1.89. The molecule has 1 heterocycles. The summed E-state index contributed by atoms with van der Waals surface area (Å²) in [7, 11) is 0. The van der Waals surface area contributed by atoms with Gasteiger partial charge < -0.3 is 15.0 Å². The molecule has 0 unspecified atom stereocenters. The molecule has 2 rings (SSSR count). The minimum atomic E-state index is -0.803. The van der Waals surface area contributed by atoms with Crippen molar-refractivity contribution in [1.82, 2.24) is 10.3 Å². The van der Waals surface area contributed by atoms with Gasteiger partial charge in [0.2, 0.25) is 0 Å². The number of hydrogen-bond acceptors (Lipinski definition) is 4. The van der Waals surface area contributed by atoms with E-state index in [-0.39, 0.29) is 17.0 Å². The minimum absolute atomic E-state index is 0.0376. The number of aromatic amines is 1. The molecule has 6 nitrogen and oxygen atoms in total. The van der Waals surface area contributed by atoms with E-state index in [1.54, 1.807) is 0 Å². The number of benzene rings is 1. The van der Waals surface area contributed by atoms with E-state index in [0.717, 1.165) is 12.1 Å². The molecule has 0 saturated carbocycles. The summed E-state index contributed by atoms with van der Waals surface area (Å²) in [4.78, 5) is 37.3. The molecule has 0 saturated heterocycles. The van der Waals surface area contributed by atoms with Crippen LogP contribution in [0.3, 0.4) is 0 Å². The van der Waals surface area contributed by atoms with E-state index in [1.165, 1.54) is 32.2 Å². The first-order chi connectivity index (χ1) is 11.8. The highest BCUT2D eigenvalue weighted by molar-refractivity contribution is 5.97. The molecule has 25 heavy (non-hydrogen) atoms. The third-order valence-corrected chi connectivity index (χ3v) is 3.45. The largest absolute Gasteiger partial charge is 0.451 e. The van der Waals surface area contributed by atoms with Gasteiger partial charge in [-0.2, -0.15) is 0 Å². The molecule has 1 amide bonds. The number of carbonyl (C=O) groups excluding carboxylic acids is 3. The molecule has 132 valence electrons. The highest BCUT2D eigenvalue weighted by atomic mass is 19.1. The molecule has 1 aromatic heterocycles. The van der Waals surface area contributed by atoms with E-state index in [1.807, 2.05) is 0 Å². The van der Waals surface area contributed by atoms with Gasteiger partial charge in [0.15, 0.2) is 12.4 Å². The zero-order chi connectivity index (χ0) is 18.6. The lowest BCUT2D eigenvalue weighted by atomic mass is 10.1. The first-order valence-corrected chi connectivity index (χ1v) is 7.38. The second-order valence-electron chi connectivity index (χ2n) is 5.39. The Bertz CT molecular complexity index is 817. The fourth-order valence-electron chi connectivity index (χ4n) is 2.14. The Labute approximate surface area is 142 Å². The maximum absolute atomic E-state index is 13.6. The predicted octanol–water partition coefficient (Wildman–Crippen LogP) is 2.53. The van der Waals surface area contributed by atoms with Gasteiger partial charge in [0.25, 0.3) is 5.91 Å². The second kappa shape index (κ2) is 7.69. The molecule has 0 aliphatic rings. The van der Waals surface area contributed by atoms with Gasteiger partial charge >= 0.3 is 5.97 Å². The smallest absolute Gasteiger partial charge is 0.355 e. The number of rotatable bonds is 6. The van der Waals surface area contributed by atoms with Crippen molar-refractivity contribution in [2.75, 3.05) is 6.61 Å². The molecule has 0 spiro atoms. The third kappa shape index (κ3) is 4.72. The normalized spacial score (nSPS) is 11.7. The number of Topliss-reactive ketones (excluding diaryl/α,β-unsaturated/α-hetero) is 1. The zero-order valence-corrected chi connectivity index (χ0v) is 13.6. The Morgan fingerprint density at radius 1 is 1.24 bits per heavy atom. The SMILES string of the molecule is CC(=O)c1c[nH]c(C(=O)OCC(=O)N[C@H](C)c2ccc(F)cc2F)c1. The highest BCUT2D eigenvalue weighted by Crippen LogP contribution is 2.17. The fraction of sp³-hybridized carbons (Fsp3) is 0.235. The van der Waals surface area contributed by atoms with Crippen LogP contribution in [-0.2, 0) is 9.53 Å². The van der Waals surface area contributed by atoms with E-state index in [4.69, 9.17) is 4.74 Å². The number of ketones is 1. The highest BCUT2D eigenvalue weighted by Gasteiger charge is 2.17. The van der Waals surface area contributed by atoms with Crippen molar-refractivity contribution in [2.24, 2.45) is 0 Å². The zero-order valence-electron chi connectivity index (χ0n) is 13.6. The van der Waals surface area contributed by atoms with E-state index < -0.39 is 36.2 Å². The van der Waals surface area contributed by atoms with Gasteiger partial charge in [0, 0.05) is 23.4 Å². The number of ether oxygens (including phenoxy) is 1. The van der Waals surface area contributed by atoms with Crippen LogP contribution in [0.4, 0.5) is 8.78 Å². The number of H-pyrrole nitrogens is 1. The van der Waals surface area contributed by atoms with E-state index in [9.17, 15) is 23.2 Å². The van der Waals surface area contributed by atoms with Crippen molar-refractivity contribution >= 4 is 17.7 Å². The first-order valence-electron chi connectivity index (χ1n) is 7.38. The molecule has 0 fully saturated rings. The lowest BCUT2D eigenvalue weighted by molar-refractivity contribution is -0.124. The summed E-state index contributed by atoms with van der Waals surface area (Å²) in [5.41, 5.74) is 0.462. The average molecular weight is 350 g/mol. The van der Waals surface area contributed by atoms with Crippen LogP contribution >= 0.6 is 0 Å². The van der Waals surface area contributed by atoms with Crippen molar-refractivity contribution in [3.63, 3.8) is 0 Å². The maximum Gasteiger partial charge on any atom is 0.355 e. The lowest BCUT2D eigenvalue weighted by Gasteiger charge is -2.15. The third-order valence-electron chi connectivity index (χ3n) is 3.45. The van der Waals surface area contributed by atoms with Gasteiger partial charge in [-0.15, -0.1) is 0 Å². The summed E-state index contributed by atoms with van der Waals surface area (Å²) in [5.74, 6) is -3.17. The number of halogens is 2. The van der Waals surface area contributed by atoms with Crippen LogP contribution in [0.15, 0.2) is 30.5 Å². The molecule has 0 bridgehead atoms. The first kappa shape index (κ1) is 18.3. The molecular weight excluding hydrogens is 334 g/mol. The monoisotopic (exact) mass is 350 g/mol. The van der Waals surface area contributed by atoms with E-state index in [2.05, 4.69) is 10.3 Å². The summed E-state index contributed by atoms with van der Waals surface area (Å²) in [6.07, 6.45) is 1.36. The van der Waals surface area contributed by atoms with Crippen molar-refractivity contribution < 1.29 is 27.9 Å². The van der Waals surface area contributed by atoms with Gasteiger partial charge in [0.1, 0.15) is 17.3 Å². The second-order valence-corrected chi connectivity index (χ2v) is 5.39. The van der Waals surface area contributed by atoms with Crippen LogP contribution < -0.4 is 5.32 Å². The van der Waals surface area contributed by atoms with Gasteiger partial charge in [0.05, 0.1) is 6.04 Å². The summed E-state index contributed by atoms with van der Waals surface area (Å²) < 4.78 is 31.4. The van der Waals surface area contributed by atoms with E-state index >= 15 is 0 Å². The van der Waals surface area contributed by atoms with Gasteiger partial charge in [-0.05, 0) is 26.0 Å². The van der Waals surface area contributed by atoms with Crippen LogP contribution in [0, 0.1) is 11.6 Å². The summed E-state index contributed by atoms with van der Waals surface area (Å²) in [6, 6.07) is 3.61. The van der Waals surface area contributed by atoms with Crippen LogP contribution in [0.25, 0.3) is 0 Å². The number of nitrogens with one attached hydrogen (secondary N) is 2. The molecule has 1 atom stereocenters. The molecule has 8 heteroatoms. The van der Waals surface area contributed by atoms with Crippen molar-refractivity contribution in [3.05, 3.63) is 58.9 Å². The summed E-state index contributed by atoms with van der Waals surface area (Å²) in [6.45, 7) is 2.28. The average Bonchev–Trinajstić information content (AvgIpc) is 3.02. The van der Waals surface area contributed by atoms with Crippen molar-refractivity contribution in [1.29, 1.82) is 0 Å². The topological polar surface area (TPSA) is 88.3 Å². The van der Waals surface area contributed by atoms with E-state index in [0.29, 0.717) is 5.56 Å². The Hall–Kier alpha value is -3.03. The summed E-state index contributed by atoms with van der Waals surface area (Å²) in [5, 5.41) is 2.44. The van der Waals surface area contributed by atoms with Crippen LogP contribution in [0.5, 0.6) is 0 Å². The van der Waals surface area contributed by atoms with Crippen LogP contribution in [-0.4, -0.2) is 29.3 Å². The van der Waals surface area contributed by atoms with Crippen molar-refractivity contribution in [2.45, 2.75) is 19.9 Å². The van der Waals surface area contributed by atoms with Gasteiger partial charge in [-0.3, -0.25) is 9.59 Å². The van der Waals surface area contributed by atoms with Gasteiger partial charge in [-0.25, -0.2) is 13.6 Å². The number of esters is 1. The van der Waals surface area contributed by atoms with Gasteiger partial charge in [-0.1, -0.05) is 6.07 Å². The number of amides is 1. The number of hydrogen-bond donors (Lipinski definition) is 2. The quantitative estimate of drug-likeness (QED) is 0.619. The summed E-state index contributed by atoms with van der Waals surface area (Å²) >= 11 is 0. The molecule has 2 N–H and O–H groups in total. The number of aromatic nitrogens is 1. The molecule has 2 aromatic rings. The molecule has 1 aromatic carbocycles. The van der Waals surface area contributed by atoms with Crippen LogP contribution in [0.2, 0.25) is 0 Å². The fourth-order valence-corrected chi connectivity index (χ4v) is 2.14. The molecular formula is C17H16F2N2O4. The Morgan fingerprint density at radius 2 is 1.96 bits per heavy atom. The number of carbonyl (C=O) groups is 3.